The van der Waals surface area contributed by atoms with Crippen molar-refractivity contribution < 1.29 is 9.90 Å². The molecule has 0 bridgehead atoms. The van der Waals surface area contributed by atoms with Gasteiger partial charge in [0.15, 0.2) is 5.78 Å². The van der Waals surface area contributed by atoms with Gasteiger partial charge in [-0.3, -0.25) is 4.79 Å². The summed E-state index contributed by atoms with van der Waals surface area (Å²) in [5.41, 5.74) is 1.83. The Hall–Kier alpha value is -1.15. The van der Waals surface area contributed by atoms with Crippen LogP contribution >= 0.6 is 0 Å². The van der Waals surface area contributed by atoms with E-state index in [1.54, 1.807) is 0 Å². The molecule has 16 heavy (non-hydrogen) atoms. The fraction of sp³-hybridized carbons (Fsp3) is 0.500. The van der Waals surface area contributed by atoms with E-state index >= 15 is 0 Å². The molecule has 1 aromatic rings. The molecule has 0 amide bonds. The highest BCUT2D eigenvalue weighted by molar-refractivity contribution is 6.03. The molecule has 1 unspecified atom stereocenters. The van der Waals surface area contributed by atoms with Gasteiger partial charge in [-0.15, -0.1) is 0 Å². The molecule has 1 saturated carbocycles. The molecule has 2 nitrogen and oxygen atoms in total. The number of aliphatic hydroxyl groups is 1. The number of Topliss-reactive ketones (excluding diaryl/α,β-unsaturated/α-hetero) is 1. The van der Waals surface area contributed by atoms with Crippen molar-refractivity contribution in [1.29, 1.82) is 0 Å². The van der Waals surface area contributed by atoms with Crippen LogP contribution in [-0.2, 0) is 6.42 Å². The third kappa shape index (κ3) is 1.33. The number of benzene rings is 1. The van der Waals surface area contributed by atoms with Gasteiger partial charge in [0.1, 0.15) is 0 Å². The van der Waals surface area contributed by atoms with Crippen LogP contribution in [0.15, 0.2) is 24.3 Å². The highest BCUT2D eigenvalue weighted by Crippen LogP contribution is 2.47. The lowest BCUT2D eigenvalue weighted by Gasteiger charge is -2.32. The first-order chi connectivity index (χ1) is 7.71. The lowest BCUT2D eigenvalue weighted by Crippen LogP contribution is -2.34. The van der Waals surface area contributed by atoms with Crippen LogP contribution in [-0.4, -0.2) is 17.0 Å². The Kier molecular flexibility index (Phi) is 2.15. The maximum absolute atomic E-state index is 12.5. The van der Waals surface area contributed by atoms with Crippen molar-refractivity contribution in [1.82, 2.24) is 0 Å². The van der Waals surface area contributed by atoms with E-state index in [0.29, 0.717) is 6.42 Å². The largest absolute Gasteiger partial charge is 0.393 e. The lowest BCUT2D eigenvalue weighted by molar-refractivity contribution is 0.0726. The van der Waals surface area contributed by atoms with Crippen molar-refractivity contribution in [2.45, 2.75) is 38.2 Å². The Balaban J connectivity index is 2.01. The van der Waals surface area contributed by atoms with Crippen LogP contribution < -0.4 is 0 Å². The second-order valence-corrected chi connectivity index (χ2v) is 5.16. The van der Waals surface area contributed by atoms with E-state index in [0.717, 1.165) is 31.2 Å². The van der Waals surface area contributed by atoms with Gasteiger partial charge in [0.2, 0.25) is 0 Å². The summed E-state index contributed by atoms with van der Waals surface area (Å²) in [6.07, 6.45) is 3.94. The van der Waals surface area contributed by atoms with Gasteiger partial charge in [-0.25, -0.2) is 0 Å². The van der Waals surface area contributed by atoms with Gasteiger partial charge in [-0.2, -0.15) is 0 Å². The number of ketones is 1. The number of hydrogen-bond acceptors (Lipinski definition) is 2. The number of aryl methyl sites for hydroxylation is 1. The van der Waals surface area contributed by atoms with E-state index in [4.69, 9.17) is 0 Å². The molecule has 84 valence electrons. The predicted molar refractivity (Wildman–Crippen MR) is 61.4 cm³/mol. The van der Waals surface area contributed by atoms with E-state index in [-0.39, 0.29) is 17.3 Å². The number of aliphatic hydroxyl groups excluding tert-OH is 1. The minimum atomic E-state index is -0.269. The van der Waals surface area contributed by atoms with E-state index in [1.165, 1.54) is 5.56 Å². The first-order valence-electron chi connectivity index (χ1n) is 6.02. The molecule has 0 aliphatic heterocycles. The summed E-state index contributed by atoms with van der Waals surface area (Å²) in [4.78, 5) is 12.5. The van der Waals surface area contributed by atoms with E-state index < -0.39 is 0 Å². The van der Waals surface area contributed by atoms with Gasteiger partial charge in [-0.1, -0.05) is 24.3 Å². The fourth-order valence-electron chi connectivity index (χ4n) is 3.26. The molecule has 1 aromatic carbocycles. The van der Waals surface area contributed by atoms with Crippen LogP contribution in [0, 0.1) is 5.41 Å². The first-order valence-corrected chi connectivity index (χ1v) is 6.02. The zero-order valence-corrected chi connectivity index (χ0v) is 9.28. The minimum absolute atomic E-state index is 0.242. The smallest absolute Gasteiger partial charge is 0.169 e. The SMILES string of the molecule is O=C1c2ccccc2CC[C@@]12CCC(O)C2. The van der Waals surface area contributed by atoms with E-state index in [1.807, 2.05) is 24.3 Å². The zero-order valence-electron chi connectivity index (χ0n) is 9.28. The Morgan fingerprint density at radius 2 is 2.06 bits per heavy atom. The Bertz CT molecular complexity index is 438. The summed E-state index contributed by atoms with van der Waals surface area (Å²) >= 11 is 0. The van der Waals surface area contributed by atoms with Crippen LogP contribution in [0.3, 0.4) is 0 Å². The highest BCUT2D eigenvalue weighted by atomic mass is 16.3. The van der Waals surface area contributed by atoms with Gasteiger partial charge in [0.05, 0.1) is 6.10 Å². The van der Waals surface area contributed by atoms with Crippen LogP contribution in [0.5, 0.6) is 0 Å². The standard InChI is InChI=1S/C14H16O2/c15-11-6-8-14(9-11)7-5-10-3-1-2-4-12(10)13(14)16/h1-4,11,15H,5-9H2/t11?,14-/m0/s1. The predicted octanol–water partition coefficient (Wildman–Crippen LogP) is 2.35. The Morgan fingerprint density at radius 3 is 2.81 bits per heavy atom. The van der Waals surface area contributed by atoms with Crippen LogP contribution in [0.2, 0.25) is 0 Å². The van der Waals surface area contributed by atoms with Crippen LogP contribution in [0.1, 0.15) is 41.6 Å². The van der Waals surface area contributed by atoms with Crippen molar-refractivity contribution in [3.05, 3.63) is 35.4 Å². The molecular weight excluding hydrogens is 200 g/mol. The number of carbonyl (C=O) groups is 1. The van der Waals surface area contributed by atoms with Crippen molar-refractivity contribution in [2.24, 2.45) is 5.41 Å². The molecule has 1 spiro atoms. The van der Waals surface area contributed by atoms with Crippen molar-refractivity contribution in [2.75, 3.05) is 0 Å². The molecule has 0 radical (unpaired) electrons. The summed E-state index contributed by atoms with van der Waals surface area (Å²) in [5.74, 6) is 0.269. The third-order valence-electron chi connectivity index (χ3n) is 4.20. The molecule has 2 aliphatic carbocycles. The molecule has 0 saturated heterocycles. The first kappa shape index (κ1) is 10.0. The maximum Gasteiger partial charge on any atom is 0.169 e. The summed E-state index contributed by atoms with van der Waals surface area (Å²) in [7, 11) is 0. The molecule has 0 aromatic heterocycles. The monoisotopic (exact) mass is 216 g/mol. The number of carbonyl (C=O) groups excluding carboxylic acids is 1. The summed E-state index contributed by atoms with van der Waals surface area (Å²) < 4.78 is 0. The lowest BCUT2D eigenvalue weighted by atomic mass is 9.69. The van der Waals surface area contributed by atoms with Crippen LogP contribution in [0.4, 0.5) is 0 Å². The number of hydrogen-bond donors (Lipinski definition) is 1. The zero-order chi connectivity index (χ0) is 11.2. The second kappa shape index (κ2) is 3.42. The Labute approximate surface area is 95.3 Å². The normalized spacial score (nSPS) is 33.1. The van der Waals surface area contributed by atoms with Crippen molar-refractivity contribution >= 4 is 5.78 Å². The third-order valence-corrected chi connectivity index (χ3v) is 4.20. The minimum Gasteiger partial charge on any atom is -0.393 e. The summed E-state index contributed by atoms with van der Waals surface area (Å²) in [6.45, 7) is 0. The van der Waals surface area contributed by atoms with Gasteiger partial charge in [-0.05, 0) is 37.7 Å². The van der Waals surface area contributed by atoms with Crippen molar-refractivity contribution in [3.63, 3.8) is 0 Å². The molecule has 0 heterocycles. The molecule has 2 aliphatic rings. The topological polar surface area (TPSA) is 37.3 Å². The molecule has 2 atom stereocenters. The highest BCUT2D eigenvalue weighted by Gasteiger charge is 2.46. The number of rotatable bonds is 0. The second-order valence-electron chi connectivity index (χ2n) is 5.16. The molecule has 1 N–H and O–H groups in total. The summed E-state index contributed by atoms with van der Waals surface area (Å²) in [5, 5.41) is 9.66. The molecule has 2 heteroatoms. The molecular formula is C14H16O2. The van der Waals surface area contributed by atoms with Gasteiger partial charge in [0, 0.05) is 11.0 Å². The quantitative estimate of drug-likeness (QED) is 0.722. The average Bonchev–Trinajstić information content (AvgIpc) is 2.68. The number of fused-ring (bicyclic) bond motifs is 1. The fourth-order valence-corrected chi connectivity index (χ4v) is 3.26. The molecule has 1 fully saturated rings. The van der Waals surface area contributed by atoms with Gasteiger partial charge < -0.3 is 5.11 Å². The maximum atomic E-state index is 12.5. The van der Waals surface area contributed by atoms with Crippen molar-refractivity contribution in [3.8, 4) is 0 Å². The van der Waals surface area contributed by atoms with E-state index in [2.05, 4.69) is 0 Å². The van der Waals surface area contributed by atoms with Crippen LogP contribution in [0.25, 0.3) is 0 Å². The molecule has 3 rings (SSSR count). The van der Waals surface area contributed by atoms with Gasteiger partial charge >= 0.3 is 0 Å². The summed E-state index contributed by atoms with van der Waals surface area (Å²) in [6, 6.07) is 7.91. The van der Waals surface area contributed by atoms with E-state index in [9.17, 15) is 9.90 Å². The van der Waals surface area contributed by atoms with Gasteiger partial charge in [0.25, 0.3) is 0 Å². The average molecular weight is 216 g/mol. The Morgan fingerprint density at radius 1 is 1.25 bits per heavy atom.